The summed E-state index contributed by atoms with van der Waals surface area (Å²) in [7, 11) is 2.06. The molecule has 0 fully saturated rings. The van der Waals surface area contributed by atoms with E-state index in [1.165, 1.54) is 5.69 Å². The van der Waals surface area contributed by atoms with Gasteiger partial charge in [-0.2, -0.15) is 0 Å². The highest BCUT2D eigenvalue weighted by atomic mass is 32.2. The lowest BCUT2D eigenvalue weighted by Crippen LogP contribution is -2.31. The topological polar surface area (TPSA) is 44.4 Å². The summed E-state index contributed by atoms with van der Waals surface area (Å²) in [4.78, 5) is 15.2. The first-order valence-electron chi connectivity index (χ1n) is 7.64. The molecule has 2 amide bonds. The number of rotatable bonds is 7. The SMILES string of the molecule is CSc1cccc(NC(=O)NCCCN(C)c2ccccc2)c1. The Morgan fingerprint density at radius 3 is 2.65 bits per heavy atom. The number of carbonyl (C=O) groups excluding carboxylic acids is 1. The van der Waals surface area contributed by atoms with Crippen LogP contribution in [-0.2, 0) is 0 Å². The van der Waals surface area contributed by atoms with Gasteiger partial charge in [0.2, 0.25) is 0 Å². The van der Waals surface area contributed by atoms with Gasteiger partial charge in [-0.15, -0.1) is 11.8 Å². The fraction of sp³-hybridized carbons (Fsp3) is 0.278. The Balaban J connectivity index is 1.68. The van der Waals surface area contributed by atoms with Crippen molar-refractivity contribution >= 4 is 29.2 Å². The molecule has 0 aliphatic heterocycles. The summed E-state index contributed by atoms with van der Waals surface area (Å²) in [5.41, 5.74) is 2.00. The summed E-state index contributed by atoms with van der Waals surface area (Å²) in [6, 6.07) is 17.9. The lowest BCUT2D eigenvalue weighted by molar-refractivity contribution is 0.252. The van der Waals surface area contributed by atoms with Gasteiger partial charge in [0.1, 0.15) is 0 Å². The van der Waals surface area contributed by atoms with E-state index in [1.807, 2.05) is 48.7 Å². The molecule has 5 heteroatoms. The van der Waals surface area contributed by atoms with Crippen molar-refractivity contribution in [2.75, 3.05) is 36.6 Å². The van der Waals surface area contributed by atoms with Crippen molar-refractivity contribution in [1.29, 1.82) is 0 Å². The van der Waals surface area contributed by atoms with Gasteiger partial charge in [-0.1, -0.05) is 24.3 Å². The van der Waals surface area contributed by atoms with Crippen LogP contribution in [0.25, 0.3) is 0 Å². The van der Waals surface area contributed by atoms with Crippen LogP contribution in [0.2, 0.25) is 0 Å². The van der Waals surface area contributed by atoms with E-state index in [-0.39, 0.29) is 6.03 Å². The van der Waals surface area contributed by atoms with Gasteiger partial charge in [-0.05, 0) is 43.0 Å². The first-order chi connectivity index (χ1) is 11.2. The Hall–Kier alpha value is -2.14. The Labute approximate surface area is 142 Å². The van der Waals surface area contributed by atoms with Crippen molar-refractivity contribution in [1.82, 2.24) is 5.32 Å². The molecule has 0 heterocycles. The number of thioether (sulfide) groups is 1. The number of para-hydroxylation sites is 1. The maximum absolute atomic E-state index is 11.9. The molecule has 0 spiro atoms. The third-order valence-electron chi connectivity index (χ3n) is 3.48. The first-order valence-corrected chi connectivity index (χ1v) is 8.86. The molecule has 2 aromatic carbocycles. The molecule has 0 aliphatic carbocycles. The van der Waals surface area contributed by atoms with Crippen LogP contribution >= 0.6 is 11.8 Å². The van der Waals surface area contributed by atoms with E-state index in [4.69, 9.17) is 0 Å². The molecule has 2 N–H and O–H groups in total. The number of anilines is 2. The number of nitrogens with zero attached hydrogens (tertiary/aromatic N) is 1. The number of hydrogen-bond acceptors (Lipinski definition) is 3. The highest BCUT2D eigenvalue weighted by Gasteiger charge is 2.03. The summed E-state index contributed by atoms with van der Waals surface area (Å²) >= 11 is 1.66. The van der Waals surface area contributed by atoms with Gasteiger partial charge < -0.3 is 15.5 Å². The zero-order chi connectivity index (χ0) is 16.5. The summed E-state index contributed by atoms with van der Waals surface area (Å²) in [5.74, 6) is 0. The number of benzene rings is 2. The van der Waals surface area contributed by atoms with E-state index >= 15 is 0 Å². The maximum atomic E-state index is 11.9. The second-order valence-corrected chi connectivity index (χ2v) is 6.10. The van der Waals surface area contributed by atoms with E-state index in [9.17, 15) is 4.79 Å². The van der Waals surface area contributed by atoms with Gasteiger partial charge in [0, 0.05) is 36.4 Å². The van der Waals surface area contributed by atoms with E-state index < -0.39 is 0 Å². The third kappa shape index (κ3) is 5.87. The Morgan fingerprint density at radius 2 is 1.91 bits per heavy atom. The van der Waals surface area contributed by atoms with Crippen molar-refractivity contribution in [2.24, 2.45) is 0 Å². The van der Waals surface area contributed by atoms with E-state index in [0.717, 1.165) is 23.5 Å². The molecule has 23 heavy (non-hydrogen) atoms. The van der Waals surface area contributed by atoms with Gasteiger partial charge in [0.25, 0.3) is 0 Å². The van der Waals surface area contributed by atoms with E-state index in [1.54, 1.807) is 11.8 Å². The fourth-order valence-corrected chi connectivity index (χ4v) is 2.67. The highest BCUT2D eigenvalue weighted by molar-refractivity contribution is 7.98. The second-order valence-electron chi connectivity index (χ2n) is 5.22. The molecule has 0 atom stereocenters. The van der Waals surface area contributed by atoms with Gasteiger partial charge >= 0.3 is 6.03 Å². The van der Waals surface area contributed by atoms with Crippen LogP contribution in [-0.4, -0.2) is 32.4 Å². The first kappa shape index (κ1) is 17.2. The maximum Gasteiger partial charge on any atom is 0.319 e. The highest BCUT2D eigenvalue weighted by Crippen LogP contribution is 2.18. The molecular weight excluding hydrogens is 306 g/mol. The lowest BCUT2D eigenvalue weighted by Gasteiger charge is -2.19. The average Bonchev–Trinajstić information content (AvgIpc) is 2.59. The standard InChI is InChI=1S/C18H23N3OS/c1-21(16-9-4-3-5-10-16)13-7-12-19-18(22)20-15-8-6-11-17(14-15)23-2/h3-6,8-11,14H,7,12-13H2,1-2H3,(H2,19,20,22). The van der Waals surface area contributed by atoms with E-state index in [2.05, 4.69) is 34.7 Å². The molecule has 2 aromatic rings. The van der Waals surface area contributed by atoms with Crippen LogP contribution in [0.4, 0.5) is 16.2 Å². The largest absolute Gasteiger partial charge is 0.375 e. The van der Waals surface area contributed by atoms with Crippen LogP contribution in [0.5, 0.6) is 0 Å². The Bertz CT molecular complexity index is 619. The minimum Gasteiger partial charge on any atom is -0.375 e. The predicted molar refractivity (Wildman–Crippen MR) is 99.6 cm³/mol. The average molecular weight is 329 g/mol. The predicted octanol–water partition coefficient (Wildman–Crippen LogP) is 4.06. The zero-order valence-corrected chi connectivity index (χ0v) is 14.4. The normalized spacial score (nSPS) is 10.2. The lowest BCUT2D eigenvalue weighted by atomic mass is 10.3. The Kier molecular flexibility index (Phi) is 6.81. The minimum atomic E-state index is -0.161. The molecule has 0 unspecified atom stereocenters. The summed E-state index contributed by atoms with van der Waals surface area (Å²) < 4.78 is 0. The van der Waals surface area contributed by atoms with Crippen molar-refractivity contribution in [2.45, 2.75) is 11.3 Å². The van der Waals surface area contributed by atoms with Crippen LogP contribution in [0.1, 0.15) is 6.42 Å². The van der Waals surface area contributed by atoms with E-state index in [0.29, 0.717) is 6.54 Å². The fourth-order valence-electron chi connectivity index (χ4n) is 2.21. The molecular formula is C18H23N3OS. The molecule has 0 bridgehead atoms. The van der Waals surface area contributed by atoms with Crippen LogP contribution in [0.15, 0.2) is 59.5 Å². The molecule has 122 valence electrons. The number of nitrogens with one attached hydrogen (secondary N) is 2. The summed E-state index contributed by atoms with van der Waals surface area (Å²) in [5, 5.41) is 5.75. The van der Waals surface area contributed by atoms with Gasteiger partial charge in [-0.25, -0.2) is 4.79 Å². The number of amides is 2. The van der Waals surface area contributed by atoms with Crippen molar-refractivity contribution in [3.8, 4) is 0 Å². The smallest absolute Gasteiger partial charge is 0.319 e. The number of carbonyl (C=O) groups is 1. The van der Waals surface area contributed by atoms with Gasteiger partial charge in [0.15, 0.2) is 0 Å². The molecule has 0 aliphatic rings. The van der Waals surface area contributed by atoms with Gasteiger partial charge in [-0.3, -0.25) is 0 Å². The number of urea groups is 1. The minimum absolute atomic E-state index is 0.161. The molecule has 4 nitrogen and oxygen atoms in total. The molecule has 0 radical (unpaired) electrons. The molecule has 0 saturated heterocycles. The van der Waals surface area contributed by atoms with Crippen molar-refractivity contribution in [3.05, 3.63) is 54.6 Å². The van der Waals surface area contributed by atoms with Crippen molar-refractivity contribution < 1.29 is 4.79 Å². The monoisotopic (exact) mass is 329 g/mol. The van der Waals surface area contributed by atoms with Crippen LogP contribution in [0.3, 0.4) is 0 Å². The van der Waals surface area contributed by atoms with Crippen molar-refractivity contribution in [3.63, 3.8) is 0 Å². The number of hydrogen-bond donors (Lipinski definition) is 2. The van der Waals surface area contributed by atoms with Crippen LogP contribution in [0, 0.1) is 0 Å². The summed E-state index contributed by atoms with van der Waals surface area (Å²) in [6.45, 7) is 1.54. The Morgan fingerprint density at radius 1 is 1.13 bits per heavy atom. The molecule has 0 aromatic heterocycles. The third-order valence-corrected chi connectivity index (χ3v) is 4.21. The molecule has 0 saturated carbocycles. The van der Waals surface area contributed by atoms with Gasteiger partial charge in [0.05, 0.1) is 0 Å². The quantitative estimate of drug-likeness (QED) is 0.595. The summed E-state index contributed by atoms with van der Waals surface area (Å²) in [6.07, 6.45) is 2.91. The second kappa shape index (κ2) is 9.10. The zero-order valence-electron chi connectivity index (χ0n) is 13.6. The molecule has 2 rings (SSSR count). The van der Waals surface area contributed by atoms with Crippen LogP contribution < -0.4 is 15.5 Å².